The fourth-order valence-electron chi connectivity index (χ4n) is 1.47. The number of rotatable bonds is 6. The van der Waals surface area contributed by atoms with Gasteiger partial charge < -0.3 is 10.4 Å². The Morgan fingerprint density at radius 2 is 2.10 bits per heavy atom. The predicted molar refractivity (Wildman–Crippen MR) is 76.8 cm³/mol. The molecule has 0 radical (unpaired) electrons. The molecule has 0 aromatic heterocycles. The number of nitro groups is 1. The number of nitrogens with zero attached hydrogens (tertiary/aromatic N) is 1. The van der Waals surface area contributed by atoms with E-state index < -0.39 is 28.5 Å². The lowest BCUT2D eigenvalue weighted by Gasteiger charge is -2.13. The van der Waals surface area contributed by atoms with Crippen molar-refractivity contribution in [2.45, 2.75) is 12.5 Å². The maximum atomic E-state index is 12.0. The molecule has 0 aliphatic rings. The summed E-state index contributed by atoms with van der Waals surface area (Å²) in [4.78, 5) is 33.0. The summed E-state index contributed by atoms with van der Waals surface area (Å²) in [6.45, 7) is 3.38. The molecule has 1 amide bonds. The number of hydrogen-bond donors (Lipinski definition) is 2. The van der Waals surface area contributed by atoms with E-state index in [0.717, 1.165) is 12.1 Å². The normalized spacial score (nSPS) is 11.5. The van der Waals surface area contributed by atoms with Gasteiger partial charge in [0.2, 0.25) is 0 Å². The second kappa shape index (κ2) is 7.05. The van der Waals surface area contributed by atoms with Gasteiger partial charge in [0.1, 0.15) is 6.04 Å². The van der Waals surface area contributed by atoms with Crippen molar-refractivity contribution in [3.05, 3.63) is 50.5 Å². The summed E-state index contributed by atoms with van der Waals surface area (Å²) in [6.07, 6.45) is 1.31. The van der Waals surface area contributed by atoms with Crippen molar-refractivity contribution in [3.8, 4) is 0 Å². The van der Waals surface area contributed by atoms with Gasteiger partial charge in [-0.2, -0.15) is 0 Å². The standard InChI is InChI=1S/C12H10Cl2N2O5/c1-2-3-9(12(18)19)15-11(17)7-4-6(16(20)21)5-8(13)10(7)14/h2,4-5,9H,1,3H2,(H,15,17)(H,18,19). The maximum Gasteiger partial charge on any atom is 0.326 e. The lowest BCUT2D eigenvalue weighted by molar-refractivity contribution is -0.384. The largest absolute Gasteiger partial charge is 0.480 e. The third kappa shape index (κ3) is 4.17. The number of halogens is 2. The first kappa shape index (κ1) is 16.9. The minimum absolute atomic E-state index is 0.0125. The van der Waals surface area contributed by atoms with Gasteiger partial charge >= 0.3 is 5.97 Å². The van der Waals surface area contributed by atoms with Crippen LogP contribution in [0.4, 0.5) is 5.69 Å². The number of carboxylic acid groups (broad SMARTS) is 1. The second-order valence-electron chi connectivity index (χ2n) is 3.93. The quantitative estimate of drug-likeness (QED) is 0.472. The highest BCUT2D eigenvalue weighted by Gasteiger charge is 2.24. The number of benzene rings is 1. The molecule has 2 N–H and O–H groups in total. The number of hydrogen-bond acceptors (Lipinski definition) is 4. The van der Waals surface area contributed by atoms with Crippen molar-refractivity contribution in [1.29, 1.82) is 0 Å². The van der Waals surface area contributed by atoms with Gasteiger partial charge in [0.25, 0.3) is 11.6 Å². The van der Waals surface area contributed by atoms with Crippen LogP contribution in [-0.2, 0) is 4.79 Å². The zero-order chi connectivity index (χ0) is 16.2. The van der Waals surface area contributed by atoms with Crippen molar-refractivity contribution in [1.82, 2.24) is 5.32 Å². The lowest BCUT2D eigenvalue weighted by Crippen LogP contribution is -2.40. The molecule has 1 atom stereocenters. The highest BCUT2D eigenvalue weighted by atomic mass is 35.5. The highest BCUT2D eigenvalue weighted by molar-refractivity contribution is 6.44. The highest BCUT2D eigenvalue weighted by Crippen LogP contribution is 2.30. The van der Waals surface area contributed by atoms with Crippen molar-refractivity contribution in [2.75, 3.05) is 0 Å². The van der Waals surface area contributed by atoms with Crippen molar-refractivity contribution in [2.24, 2.45) is 0 Å². The Labute approximate surface area is 129 Å². The van der Waals surface area contributed by atoms with Crippen molar-refractivity contribution < 1.29 is 19.6 Å². The molecule has 0 aliphatic heterocycles. The summed E-state index contributed by atoms with van der Waals surface area (Å²) in [5.74, 6) is -2.14. The Hall–Kier alpha value is -2.12. The molecule has 9 heteroatoms. The molecule has 0 spiro atoms. The van der Waals surface area contributed by atoms with Gasteiger partial charge in [-0.3, -0.25) is 14.9 Å². The Morgan fingerprint density at radius 3 is 2.57 bits per heavy atom. The molecule has 0 aliphatic carbocycles. The van der Waals surface area contributed by atoms with Crippen LogP contribution in [0.25, 0.3) is 0 Å². The van der Waals surface area contributed by atoms with Gasteiger partial charge in [-0.25, -0.2) is 4.79 Å². The summed E-state index contributed by atoms with van der Waals surface area (Å²) >= 11 is 11.5. The number of nitrogens with one attached hydrogen (secondary N) is 1. The third-order valence-corrected chi connectivity index (χ3v) is 3.28. The molecule has 0 heterocycles. The van der Waals surface area contributed by atoms with Crippen LogP contribution in [0.2, 0.25) is 10.0 Å². The first-order chi connectivity index (χ1) is 9.77. The van der Waals surface area contributed by atoms with Crippen molar-refractivity contribution >= 4 is 40.8 Å². The summed E-state index contributed by atoms with van der Waals surface area (Å²) in [5.41, 5.74) is -0.698. The average molecular weight is 333 g/mol. The van der Waals surface area contributed by atoms with Gasteiger partial charge in [0.15, 0.2) is 0 Å². The predicted octanol–water partition coefficient (Wildman–Crippen LogP) is 2.66. The minimum Gasteiger partial charge on any atom is -0.480 e. The first-order valence-corrected chi connectivity index (χ1v) is 6.31. The van der Waals surface area contributed by atoms with Gasteiger partial charge in [-0.05, 0) is 6.42 Å². The number of carbonyl (C=O) groups excluding carboxylic acids is 1. The van der Waals surface area contributed by atoms with E-state index in [0.29, 0.717) is 0 Å². The second-order valence-corrected chi connectivity index (χ2v) is 4.72. The topological polar surface area (TPSA) is 110 Å². The van der Waals surface area contributed by atoms with E-state index in [9.17, 15) is 19.7 Å². The fraction of sp³-hybridized carbons (Fsp3) is 0.167. The maximum absolute atomic E-state index is 12.0. The lowest BCUT2D eigenvalue weighted by atomic mass is 10.1. The number of non-ortho nitro benzene ring substituents is 1. The number of carbonyl (C=O) groups is 2. The molecule has 1 unspecified atom stereocenters. The van der Waals surface area contributed by atoms with Crippen molar-refractivity contribution in [3.63, 3.8) is 0 Å². The molecule has 0 bridgehead atoms. The van der Waals surface area contributed by atoms with Crippen LogP contribution in [0.15, 0.2) is 24.8 Å². The minimum atomic E-state index is -1.27. The van der Waals surface area contributed by atoms with Gasteiger partial charge in [-0.1, -0.05) is 29.3 Å². The van der Waals surface area contributed by atoms with E-state index in [-0.39, 0.29) is 22.0 Å². The molecule has 112 valence electrons. The van der Waals surface area contributed by atoms with Gasteiger partial charge in [-0.15, -0.1) is 6.58 Å². The average Bonchev–Trinajstić information content (AvgIpc) is 2.40. The van der Waals surface area contributed by atoms with Crippen LogP contribution in [0, 0.1) is 10.1 Å². The molecule has 0 saturated heterocycles. The zero-order valence-electron chi connectivity index (χ0n) is 10.5. The summed E-state index contributed by atoms with van der Waals surface area (Å²) in [7, 11) is 0. The van der Waals surface area contributed by atoms with E-state index in [2.05, 4.69) is 11.9 Å². The third-order valence-electron chi connectivity index (χ3n) is 2.47. The Morgan fingerprint density at radius 1 is 1.48 bits per heavy atom. The smallest absolute Gasteiger partial charge is 0.326 e. The number of carboxylic acids is 1. The first-order valence-electron chi connectivity index (χ1n) is 5.56. The molecule has 1 aromatic carbocycles. The summed E-state index contributed by atoms with van der Waals surface area (Å²) in [6, 6.07) is 0.708. The van der Waals surface area contributed by atoms with Crippen LogP contribution in [0.5, 0.6) is 0 Å². The van der Waals surface area contributed by atoms with Crippen LogP contribution >= 0.6 is 23.2 Å². The van der Waals surface area contributed by atoms with Crippen LogP contribution in [0.1, 0.15) is 16.8 Å². The monoisotopic (exact) mass is 332 g/mol. The zero-order valence-corrected chi connectivity index (χ0v) is 12.0. The Kier molecular flexibility index (Phi) is 5.69. The van der Waals surface area contributed by atoms with E-state index in [4.69, 9.17) is 28.3 Å². The molecule has 7 nitrogen and oxygen atoms in total. The SMILES string of the molecule is C=CCC(NC(=O)c1cc([N+](=O)[O-])cc(Cl)c1Cl)C(=O)O. The van der Waals surface area contributed by atoms with Gasteiger partial charge in [0.05, 0.1) is 20.5 Å². The van der Waals surface area contributed by atoms with E-state index in [1.165, 1.54) is 6.08 Å². The van der Waals surface area contributed by atoms with Crippen LogP contribution in [-0.4, -0.2) is 27.9 Å². The fourth-order valence-corrected chi connectivity index (χ4v) is 1.88. The van der Waals surface area contributed by atoms with E-state index in [1.807, 2.05) is 0 Å². The van der Waals surface area contributed by atoms with E-state index in [1.54, 1.807) is 0 Å². The van der Waals surface area contributed by atoms with Crippen LogP contribution in [0.3, 0.4) is 0 Å². The Balaban J connectivity index is 3.14. The molecule has 0 fully saturated rings. The van der Waals surface area contributed by atoms with Crippen LogP contribution < -0.4 is 5.32 Å². The summed E-state index contributed by atoms with van der Waals surface area (Å²) in [5, 5.41) is 21.5. The van der Waals surface area contributed by atoms with Gasteiger partial charge in [0, 0.05) is 12.1 Å². The Bertz CT molecular complexity index is 618. The molecule has 1 aromatic rings. The number of aliphatic carboxylic acids is 1. The molecular weight excluding hydrogens is 323 g/mol. The molecule has 21 heavy (non-hydrogen) atoms. The molecule has 1 rings (SSSR count). The number of amides is 1. The van der Waals surface area contributed by atoms with E-state index >= 15 is 0 Å². The summed E-state index contributed by atoms with van der Waals surface area (Å²) < 4.78 is 0. The molecule has 0 saturated carbocycles. The number of nitro benzene ring substituents is 1. The molecular formula is C12H10Cl2N2O5.